The molecule has 2 fully saturated rings. The molecule has 3 heterocycles. The molecule has 0 radical (unpaired) electrons. The topological polar surface area (TPSA) is 77.4 Å². The first-order valence-electron chi connectivity index (χ1n) is 8.53. The molecule has 7 nitrogen and oxygen atoms in total. The van der Waals surface area contributed by atoms with Crippen molar-refractivity contribution in [2.24, 2.45) is 0 Å². The first-order valence-corrected chi connectivity index (χ1v) is 8.53. The molecule has 0 spiro atoms. The third-order valence-electron chi connectivity index (χ3n) is 4.81. The van der Waals surface area contributed by atoms with E-state index in [0.717, 1.165) is 18.4 Å². The van der Waals surface area contributed by atoms with Crippen LogP contribution in [-0.2, 0) is 16.1 Å². The molecule has 2 bridgehead atoms. The van der Waals surface area contributed by atoms with E-state index in [0.29, 0.717) is 25.3 Å². The standard InChI is InChI=1S/C18H20N4O3/c23-18(14-5-7-20-21-11-14)22-8-9-24-16-4-3-15(22)17(16)25-12-13-2-1-6-19-10-13/h1-2,5-7,10-11,15-17H,3-4,8-9,12H2. The molecular weight excluding hydrogens is 320 g/mol. The lowest BCUT2D eigenvalue weighted by molar-refractivity contribution is -0.0598. The maximum Gasteiger partial charge on any atom is 0.255 e. The van der Waals surface area contributed by atoms with Gasteiger partial charge in [-0.05, 0) is 30.5 Å². The van der Waals surface area contributed by atoms with Crippen LogP contribution in [0.4, 0.5) is 0 Å². The summed E-state index contributed by atoms with van der Waals surface area (Å²) in [5.74, 6) is -0.0407. The number of hydrogen-bond acceptors (Lipinski definition) is 6. The molecule has 1 aliphatic heterocycles. The van der Waals surface area contributed by atoms with Crippen molar-refractivity contribution in [3.05, 3.63) is 54.1 Å². The highest BCUT2D eigenvalue weighted by atomic mass is 16.5. The summed E-state index contributed by atoms with van der Waals surface area (Å²) in [7, 11) is 0. The molecule has 3 atom stereocenters. The van der Waals surface area contributed by atoms with E-state index in [1.807, 2.05) is 17.0 Å². The van der Waals surface area contributed by atoms with Crippen LogP contribution in [0.5, 0.6) is 0 Å². The van der Waals surface area contributed by atoms with Gasteiger partial charge < -0.3 is 14.4 Å². The van der Waals surface area contributed by atoms with Crippen LogP contribution >= 0.6 is 0 Å². The van der Waals surface area contributed by atoms with Crippen LogP contribution in [0.25, 0.3) is 0 Å². The summed E-state index contributed by atoms with van der Waals surface area (Å²) in [5, 5.41) is 7.55. The normalized spacial score (nSPS) is 25.6. The van der Waals surface area contributed by atoms with Gasteiger partial charge in [-0.15, -0.1) is 0 Å². The van der Waals surface area contributed by atoms with Gasteiger partial charge in [-0.1, -0.05) is 6.07 Å². The van der Waals surface area contributed by atoms with E-state index < -0.39 is 0 Å². The van der Waals surface area contributed by atoms with Crippen LogP contribution in [0.15, 0.2) is 43.0 Å². The van der Waals surface area contributed by atoms with Crippen molar-refractivity contribution in [1.29, 1.82) is 0 Å². The van der Waals surface area contributed by atoms with Gasteiger partial charge >= 0.3 is 0 Å². The second kappa shape index (κ2) is 7.25. The average molecular weight is 340 g/mol. The molecule has 4 rings (SSSR count). The molecule has 2 aliphatic rings. The zero-order chi connectivity index (χ0) is 17.1. The summed E-state index contributed by atoms with van der Waals surface area (Å²) in [6.07, 6.45) is 8.28. The second-order valence-electron chi connectivity index (χ2n) is 6.32. The zero-order valence-electron chi connectivity index (χ0n) is 13.8. The van der Waals surface area contributed by atoms with E-state index in [1.165, 1.54) is 12.4 Å². The minimum atomic E-state index is -0.124. The van der Waals surface area contributed by atoms with Crippen LogP contribution in [-0.4, -0.2) is 57.4 Å². The Bertz CT molecular complexity index is 713. The molecule has 0 N–H and O–H groups in total. The number of ether oxygens (including phenoxy) is 2. The fourth-order valence-electron chi connectivity index (χ4n) is 3.62. The monoisotopic (exact) mass is 340 g/mol. The SMILES string of the molecule is O=C(c1ccnnc1)N1CCOC2CCC1C2OCc1cccnc1. The number of hydrogen-bond donors (Lipinski definition) is 0. The van der Waals surface area contributed by atoms with E-state index in [1.54, 1.807) is 18.5 Å². The molecule has 1 saturated carbocycles. The molecule has 2 aromatic rings. The molecule has 0 aromatic carbocycles. The zero-order valence-corrected chi connectivity index (χ0v) is 13.8. The number of nitrogens with zero attached hydrogens (tertiary/aromatic N) is 4. The van der Waals surface area contributed by atoms with Crippen LogP contribution in [0.2, 0.25) is 0 Å². The Hall–Kier alpha value is -2.38. The Morgan fingerprint density at radius 2 is 2.20 bits per heavy atom. The van der Waals surface area contributed by atoms with Gasteiger partial charge in [0.25, 0.3) is 5.91 Å². The number of pyridine rings is 1. The molecule has 3 unspecified atom stereocenters. The van der Waals surface area contributed by atoms with E-state index in [4.69, 9.17) is 9.47 Å². The minimum Gasteiger partial charge on any atom is -0.374 e. The molecule has 130 valence electrons. The molecule has 1 aliphatic carbocycles. The number of carbonyl (C=O) groups excluding carboxylic acids is 1. The van der Waals surface area contributed by atoms with Crippen molar-refractivity contribution in [2.75, 3.05) is 13.2 Å². The quantitative estimate of drug-likeness (QED) is 0.839. The summed E-state index contributed by atoms with van der Waals surface area (Å²) in [6.45, 7) is 1.56. The molecular formula is C18H20N4O3. The van der Waals surface area contributed by atoms with Crippen molar-refractivity contribution in [2.45, 2.75) is 37.7 Å². The van der Waals surface area contributed by atoms with Crippen molar-refractivity contribution in [3.63, 3.8) is 0 Å². The third kappa shape index (κ3) is 3.38. The number of amides is 1. The molecule has 1 saturated heterocycles. The van der Waals surface area contributed by atoms with Crippen molar-refractivity contribution >= 4 is 5.91 Å². The summed E-state index contributed by atoms with van der Waals surface area (Å²) in [4.78, 5) is 18.9. The summed E-state index contributed by atoms with van der Waals surface area (Å²) >= 11 is 0. The third-order valence-corrected chi connectivity index (χ3v) is 4.81. The van der Waals surface area contributed by atoms with E-state index >= 15 is 0 Å². The van der Waals surface area contributed by atoms with Crippen LogP contribution in [0.1, 0.15) is 28.8 Å². The Balaban J connectivity index is 1.51. The van der Waals surface area contributed by atoms with E-state index in [9.17, 15) is 4.79 Å². The fourth-order valence-corrected chi connectivity index (χ4v) is 3.62. The van der Waals surface area contributed by atoms with Gasteiger partial charge in [0.1, 0.15) is 6.10 Å². The van der Waals surface area contributed by atoms with Gasteiger partial charge in [-0.25, -0.2) is 0 Å². The lowest BCUT2D eigenvalue weighted by Gasteiger charge is -2.31. The van der Waals surface area contributed by atoms with Gasteiger partial charge in [-0.3, -0.25) is 9.78 Å². The van der Waals surface area contributed by atoms with Gasteiger partial charge in [0.05, 0.1) is 43.3 Å². The highest BCUT2D eigenvalue weighted by Crippen LogP contribution is 2.33. The Morgan fingerprint density at radius 1 is 1.24 bits per heavy atom. The highest BCUT2D eigenvalue weighted by Gasteiger charge is 2.44. The van der Waals surface area contributed by atoms with E-state index in [-0.39, 0.29) is 24.2 Å². The lowest BCUT2D eigenvalue weighted by atomic mass is 10.1. The Morgan fingerprint density at radius 3 is 3.00 bits per heavy atom. The lowest BCUT2D eigenvalue weighted by Crippen LogP contribution is -2.46. The van der Waals surface area contributed by atoms with Crippen molar-refractivity contribution in [1.82, 2.24) is 20.1 Å². The van der Waals surface area contributed by atoms with Crippen LogP contribution in [0, 0.1) is 0 Å². The van der Waals surface area contributed by atoms with Crippen molar-refractivity contribution in [3.8, 4) is 0 Å². The minimum absolute atomic E-state index is 0.0184. The second-order valence-corrected chi connectivity index (χ2v) is 6.32. The molecule has 2 aromatic heterocycles. The predicted octanol–water partition coefficient (Wildman–Crippen LogP) is 1.46. The first-order chi connectivity index (χ1) is 12.3. The average Bonchev–Trinajstić information content (AvgIpc) is 2.96. The van der Waals surface area contributed by atoms with Gasteiger partial charge in [0, 0.05) is 18.9 Å². The Labute approximate surface area is 146 Å². The molecule has 1 amide bonds. The number of carbonyl (C=O) groups is 1. The number of fused-ring (bicyclic) bond motifs is 2. The maximum atomic E-state index is 12.9. The van der Waals surface area contributed by atoms with Gasteiger partial charge in [0.15, 0.2) is 0 Å². The van der Waals surface area contributed by atoms with E-state index in [2.05, 4.69) is 15.2 Å². The highest BCUT2D eigenvalue weighted by molar-refractivity contribution is 5.94. The fraction of sp³-hybridized carbons (Fsp3) is 0.444. The predicted molar refractivity (Wildman–Crippen MR) is 88.6 cm³/mol. The van der Waals surface area contributed by atoms with Gasteiger partial charge in [-0.2, -0.15) is 10.2 Å². The van der Waals surface area contributed by atoms with Crippen LogP contribution in [0.3, 0.4) is 0 Å². The van der Waals surface area contributed by atoms with Gasteiger partial charge in [0.2, 0.25) is 0 Å². The Kier molecular flexibility index (Phi) is 4.67. The molecule has 25 heavy (non-hydrogen) atoms. The largest absolute Gasteiger partial charge is 0.374 e. The van der Waals surface area contributed by atoms with Crippen molar-refractivity contribution < 1.29 is 14.3 Å². The smallest absolute Gasteiger partial charge is 0.255 e. The summed E-state index contributed by atoms with van der Waals surface area (Å²) < 4.78 is 12.1. The number of rotatable bonds is 4. The first kappa shape index (κ1) is 16.1. The molecule has 7 heteroatoms. The van der Waals surface area contributed by atoms with Crippen LogP contribution < -0.4 is 0 Å². The summed E-state index contributed by atoms with van der Waals surface area (Å²) in [6, 6.07) is 5.59. The number of aromatic nitrogens is 3. The maximum absolute atomic E-state index is 12.9. The summed E-state index contributed by atoms with van der Waals surface area (Å²) in [5.41, 5.74) is 1.56.